The van der Waals surface area contributed by atoms with E-state index in [0.717, 1.165) is 40.0 Å². The molecule has 7 heteroatoms. The minimum absolute atomic E-state index is 0.159. The lowest BCUT2D eigenvalue weighted by Crippen LogP contribution is -2.19. The van der Waals surface area contributed by atoms with Crippen LogP contribution in [0.15, 0.2) is 51.7 Å². The van der Waals surface area contributed by atoms with Crippen molar-refractivity contribution in [2.45, 2.75) is 36.9 Å². The van der Waals surface area contributed by atoms with Crippen molar-refractivity contribution in [1.29, 1.82) is 0 Å². The van der Waals surface area contributed by atoms with Gasteiger partial charge in [-0.05, 0) is 25.0 Å². The molecule has 0 radical (unpaired) electrons. The van der Waals surface area contributed by atoms with E-state index in [0.29, 0.717) is 0 Å². The summed E-state index contributed by atoms with van der Waals surface area (Å²) >= 11 is 3.05. The number of aryl methyl sites for hydroxylation is 1. The Bertz CT molecular complexity index is 707. The van der Waals surface area contributed by atoms with Crippen LogP contribution in [0.3, 0.4) is 0 Å². The average Bonchev–Trinajstić information content (AvgIpc) is 2.61. The van der Waals surface area contributed by atoms with Crippen molar-refractivity contribution in [2.24, 2.45) is 5.10 Å². The fraction of sp³-hybridized carbons (Fsp3) is 0.333. The van der Waals surface area contributed by atoms with E-state index >= 15 is 0 Å². The minimum atomic E-state index is -0.159. The third-order valence-corrected chi connectivity index (χ3v) is 4.94. The molecule has 0 unspecified atom stereocenters. The first-order valence-electron chi connectivity index (χ1n) is 8.15. The normalized spacial score (nSPS) is 11.0. The van der Waals surface area contributed by atoms with Crippen molar-refractivity contribution in [3.8, 4) is 0 Å². The second-order valence-electron chi connectivity index (χ2n) is 5.32. The minimum Gasteiger partial charge on any atom is -0.272 e. The highest BCUT2D eigenvalue weighted by atomic mass is 32.2. The lowest BCUT2D eigenvalue weighted by Gasteiger charge is -2.05. The third kappa shape index (κ3) is 7.70. The van der Waals surface area contributed by atoms with Gasteiger partial charge in [-0.25, -0.2) is 15.4 Å². The molecule has 1 amide bonds. The van der Waals surface area contributed by atoms with E-state index in [1.807, 2.05) is 43.3 Å². The van der Waals surface area contributed by atoms with Crippen LogP contribution in [0.5, 0.6) is 0 Å². The van der Waals surface area contributed by atoms with Crippen LogP contribution in [0.1, 0.15) is 31.0 Å². The monoisotopic (exact) mass is 374 g/mol. The molecule has 0 spiro atoms. The second-order valence-corrected chi connectivity index (χ2v) is 7.38. The van der Waals surface area contributed by atoms with Gasteiger partial charge in [0.25, 0.3) is 0 Å². The molecule has 5 nitrogen and oxygen atoms in total. The second kappa shape index (κ2) is 10.9. The lowest BCUT2D eigenvalue weighted by atomic mass is 10.2. The molecule has 2 rings (SSSR count). The van der Waals surface area contributed by atoms with Crippen LogP contribution in [0, 0.1) is 6.92 Å². The van der Waals surface area contributed by atoms with E-state index in [-0.39, 0.29) is 11.7 Å². The quantitative estimate of drug-likeness (QED) is 0.180. The molecule has 0 fully saturated rings. The molecule has 0 bridgehead atoms. The predicted octanol–water partition coefficient (Wildman–Crippen LogP) is 3.92. The van der Waals surface area contributed by atoms with Gasteiger partial charge in [0.2, 0.25) is 5.91 Å². The van der Waals surface area contributed by atoms with Gasteiger partial charge >= 0.3 is 0 Å². The van der Waals surface area contributed by atoms with Crippen LogP contribution in [0.2, 0.25) is 0 Å². The van der Waals surface area contributed by atoms with E-state index < -0.39 is 0 Å². The summed E-state index contributed by atoms with van der Waals surface area (Å²) in [7, 11) is 0. The number of benzene rings is 1. The number of hydrogen-bond donors (Lipinski definition) is 1. The van der Waals surface area contributed by atoms with Crippen LogP contribution < -0.4 is 5.43 Å². The smallest absolute Gasteiger partial charge is 0.250 e. The van der Waals surface area contributed by atoms with Crippen LogP contribution in [0.25, 0.3) is 0 Å². The molecule has 0 aliphatic rings. The number of amides is 1. The predicted molar refractivity (Wildman–Crippen MR) is 105 cm³/mol. The number of thioether (sulfide) groups is 2. The molecule has 0 aliphatic heterocycles. The van der Waals surface area contributed by atoms with Gasteiger partial charge in [0, 0.05) is 11.4 Å². The summed E-state index contributed by atoms with van der Waals surface area (Å²) < 4.78 is 0. The molecule has 1 aromatic carbocycles. The number of rotatable bonds is 9. The zero-order chi connectivity index (χ0) is 17.9. The Morgan fingerprint density at radius 2 is 2.04 bits per heavy atom. The lowest BCUT2D eigenvalue weighted by molar-refractivity contribution is -0.118. The van der Waals surface area contributed by atoms with Gasteiger partial charge in [0.1, 0.15) is 5.03 Å². The van der Waals surface area contributed by atoms with Crippen molar-refractivity contribution >= 4 is 35.6 Å². The Hall–Kier alpha value is -1.86. The third-order valence-electron chi connectivity index (χ3n) is 3.09. The summed E-state index contributed by atoms with van der Waals surface area (Å²) in [6, 6.07) is 11.5. The van der Waals surface area contributed by atoms with Crippen molar-refractivity contribution in [3.63, 3.8) is 0 Å². The number of nitrogens with zero attached hydrogens (tertiary/aromatic N) is 3. The van der Waals surface area contributed by atoms with Crippen LogP contribution in [0.4, 0.5) is 0 Å². The molecule has 1 aromatic heterocycles. The van der Waals surface area contributed by atoms with Crippen molar-refractivity contribution in [2.75, 3.05) is 11.5 Å². The first-order valence-corrected chi connectivity index (χ1v) is 10.1. The number of carbonyl (C=O) groups excluding carboxylic acids is 1. The largest absolute Gasteiger partial charge is 0.272 e. The zero-order valence-corrected chi connectivity index (χ0v) is 16.1. The SMILES string of the molecule is CCCCSc1nc(C)cc(SCC(=O)N/N=C\c2ccccc2)n1. The molecule has 25 heavy (non-hydrogen) atoms. The highest BCUT2D eigenvalue weighted by Gasteiger charge is 2.06. The van der Waals surface area contributed by atoms with Gasteiger partial charge < -0.3 is 0 Å². The highest BCUT2D eigenvalue weighted by molar-refractivity contribution is 8.00. The molecule has 1 N–H and O–H groups in total. The fourth-order valence-electron chi connectivity index (χ4n) is 1.85. The Morgan fingerprint density at radius 3 is 2.80 bits per heavy atom. The summed E-state index contributed by atoms with van der Waals surface area (Å²) in [6.07, 6.45) is 3.93. The van der Waals surface area contributed by atoms with Gasteiger partial charge in [-0.3, -0.25) is 4.79 Å². The molecular weight excluding hydrogens is 352 g/mol. The molecule has 0 saturated heterocycles. The number of hydrogen-bond acceptors (Lipinski definition) is 6. The number of hydrazone groups is 1. The van der Waals surface area contributed by atoms with E-state index in [1.165, 1.54) is 11.8 Å². The Morgan fingerprint density at radius 1 is 1.24 bits per heavy atom. The topological polar surface area (TPSA) is 67.2 Å². The molecule has 132 valence electrons. The van der Waals surface area contributed by atoms with E-state index in [2.05, 4.69) is 27.4 Å². The van der Waals surface area contributed by atoms with Gasteiger partial charge in [-0.1, -0.05) is 67.2 Å². The molecule has 0 aliphatic carbocycles. The summed E-state index contributed by atoms with van der Waals surface area (Å²) in [5.41, 5.74) is 4.39. The number of aromatic nitrogens is 2. The van der Waals surface area contributed by atoms with E-state index in [4.69, 9.17) is 0 Å². The summed E-state index contributed by atoms with van der Waals surface area (Å²) in [6.45, 7) is 4.11. The van der Waals surface area contributed by atoms with Gasteiger partial charge in [0.05, 0.1) is 12.0 Å². The van der Waals surface area contributed by atoms with Crippen LogP contribution >= 0.6 is 23.5 Å². The van der Waals surface area contributed by atoms with Gasteiger partial charge in [-0.2, -0.15) is 5.10 Å². The first-order chi connectivity index (χ1) is 12.2. The number of nitrogens with one attached hydrogen (secondary N) is 1. The van der Waals surface area contributed by atoms with E-state index in [1.54, 1.807) is 18.0 Å². The van der Waals surface area contributed by atoms with Crippen LogP contribution in [-0.2, 0) is 4.79 Å². The Balaban J connectivity index is 1.81. The van der Waals surface area contributed by atoms with Crippen molar-refractivity contribution < 1.29 is 4.79 Å². The molecular formula is C18H22N4OS2. The average molecular weight is 375 g/mol. The van der Waals surface area contributed by atoms with Crippen molar-refractivity contribution in [3.05, 3.63) is 47.7 Å². The zero-order valence-electron chi connectivity index (χ0n) is 14.4. The van der Waals surface area contributed by atoms with Gasteiger partial charge in [-0.15, -0.1) is 0 Å². The number of unbranched alkanes of at least 4 members (excludes halogenated alkanes) is 1. The summed E-state index contributed by atoms with van der Waals surface area (Å²) in [5.74, 6) is 1.12. The Kier molecular flexibility index (Phi) is 8.48. The molecule has 1 heterocycles. The standard InChI is InChI=1S/C18H22N4OS2/c1-3-4-10-24-18-20-14(2)11-17(21-18)25-13-16(23)22-19-12-15-8-6-5-7-9-15/h5-9,11-12H,3-4,10,13H2,1-2H3,(H,22,23)/b19-12-. The van der Waals surface area contributed by atoms with Gasteiger partial charge in [0.15, 0.2) is 5.16 Å². The Labute approximate surface area is 157 Å². The highest BCUT2D eigenvalue weighted by Crippen LogP contribution is 2.21. The number of carbonyl (C=O) groups is 1. The molecule has 2 aromatic rings. The maximum atomic E-state index is 11.9. The van der Waals surface area contributed by atoms with Crippen molar-refractivity contribution in [1.82, 2.24) is 15.4 Å². The summed E-state index contributed by atoms with van der Waals surface area (Å²) in [4.78, 5) is 20.8. The fourth-order valence-corrected chi connectivity index (χ4v) is 3.64. The van der Waals surface area contributed by atoms with Crippen LogP contribution in [-0.4, -0.2) is 33.6 Å². The van der Waals surface area contributed by atoms with E-state index in [9.17, 15) is 4.79 Å². The molecule has 0 saturated carbocycles. The first kappa shape index (κ1) is 19.5. The summed E-state index contributed by atoms with van der Waals surface area (Å²) in [5, 5.41) is 5.55. The molecule has 0 atom stereocenters. The maximum absolute atomic E-state index is 11.9. The maximum Gasteiger partial charge on any atom is 0.250 e.